The molecule has 0 aliphatic rings. The maximum atomic E-state index is 8.95. The fourth-order valence-corrected chi connectivity index (χ4v) is 1.90. The number of nitriles is 1. The summed E-state index contributed by atoms with van der Waals surface area (Å²) in [6.07, 6.45) is 1.38. The van der Waals surface area contributed by atoms with Crippen LogP contribution < -0.4 is 10.5 Å². The highest BCUT2D eigenvalue weighted by atomic mass is 16.5. The van der Waals surface area contributed by atoms with Crippen molar-refractivity contribution in [2.45, 2.75) is 26.7 Å². The first-order valence-electron chi connectivity index (χ1n) is 6.32. The standard InChI is InChI=1S/C15H16N4O/c1-9(2)13-14(17)18-8-19-15(13)20-12-6-11(7-16)5-4-10(12)3/h4-6,8-9H,1-3H3,(H2,17,18,19). The number of nitrogens with two attached hydrogens (primary N) is 1. The van der Waals surface area contributed by atoms with Crippen LogP contribution in [0.1, 0.15) is 36.5 Å². The second-order valence-corrected chi connectivity index (χ2v) is 4.83. The summed E-state index contributed by atoms with van der Waals surface area (Å²) in [5.41, 5.74) is 8.13. The largest absolute Gasteiger partial charge is 0.438 e. The van der Waals surface area contributed by atoms with E-state index in [1.165, 1.54) is 6.33 Å². The van der Waals surface area contributed by atoms with Crippen LogP contribution >= 0.6 is 0 Å². The Morgan fingerprint density at radius 1 is 1.30 bits per heavy atom. The van der Waals surface area contributed by atoms with E-state index < -0.39 is 0 Å². The van der Waals surface area contributed by atoms with Crippen molar-refractivity contribution < 1.29 is 4.74 Å². The van der Waals surface area contributed by atoms with Crippen LogP contribution in [0.15, 0.2) is 24.5 Å². The molecule has 1 aromatic heterocycles. The van der Waals surface area contributed by atoms with E-state index in [9.17, 15) is 0 Å². The van der Waals surface area contributed by atoms with Crippen molar-refractivity contribution >= 4 is 5.82 Å². The van der Waals surface area contributed by atoms with Crippen LogP contribution in [0.3, 0.4) is 0 Å². The predicted molar refractivity (Wildman–Crippen MR) is 76.5 cm³/mol. The average molecular weight is 268 g/mol. The number of benzene rings is 1. The predicted octanol–water partition coefficient (Wildman–Crippen LogP) is 3.15. The minimum Gasteiger partial charge on any atom is -0.438 e. The molecule has 0 atom stereocenters. The first kappa shape index (κ1) is 13.8. The zero-order valence-corrected chi connectivity index (χ0v) is 11.7. The van der Waals surface area contributed by atoms with Crippen LogP contribution in [0.25, 0.3) is 0 Å². The van der Waals surface area contributed by atoms with E-state index in [4.69, 9.17) is 15.7 Å². The third kappa shape index (κ3) is 2.69. The van der Waals surface area contributed by atoms with Crippen LogP contribution in [0.4, 0.5) is 5.82 Å². The zero-order valence-electron chi connectivity index (χ0n) is 11.7. The number of hydrogen-bond acceptors (Lipinski definition) is 5. The summed E-state index contributed by atoms with van der Waals surface area (Å²) < 4.78 is 5.84. The van der Waals surface area contributed by atoms with Crippen molar-refractivity contribution in [3.8, 4) is 17.7 Å². The lowest BCUT2D eigenvalue weighted by Crippen LogP contribution is -2.04. The van der Waals surface area contributed by atoms with Gasteiger partial charge in [0.2, 0.25) is 5.88 Å². The summed E-state index contributed by atoms with van der Waals surface area (Å²) >= 11 is 0. The molecule has 0 saturated heterocycles. The molecule has 5 nitrogen and oxygen atoms in total. The smallest absolute Gasteiger partial charge is 0.227 e. The molecule has 1 aromatic carbocycles. The Kier molecular flexibility index (Phi) is 3.85. The highest BCUT2D eigenvalue weighted by Gasteiger charge is 2.15. The normalized spacial score (nSPS) is 10.3. The van der Waals surface area contributed by atoms with Crippen LogP contribution in [-0.2, 0) is 0 Å². The molecule has 1 heterocycles. The van der Waals surface area contributed by atoms with Crippen molar-refractivity contribution in [2.24, 2.45) is 0 Å². The molecule has 2 aromatic rings. The molecule has 2 N–H and O–H groups in total. The Bertz CT molecular complexity index is 674. The van der Waals surface area contributed by atoms with E-state index in [1.807, 2.05) is 26.8 Å². The number of nitrogen functional groups attached to an aromatic ring is 1. The van der Waals surface area contributed by atoms with Crippen molar-refractivity contribution in [1.82, 2.24) is 9.97 Å². The monoisotopic (exact) mass is 268 g/mol. The van der Waals surface area contributed by atoms with Gasteiger partial charge in [-0.1, -0.05) is 19.9 Å². The number of anilines is 1. The van der Waals surface area contributed by atoms with Gasteiger partial charge in [-0.05, 0) is 30.5 Å². The third-order valence-electron chi connectivity index (χ3n) is 2.98. The molecular weight excluding hydrogens is 252 g/mol. The summed E-state index contributed by atoms with van der Waals surface area (Å²) in [6.45, 7) is 5.91. The molecule has 0 spiro atoms. The Morgan fingerprint density at radius 2 is 2.05 bits per heavy atom. The average Bonchev–Trinajstić information content (AvgIpc) is 2.41. The van der Waals surface area contributed by atoms with Crippen molar-refractivity contribution in [2.75, 3.05) is 5.73 Å². The fourth-order valence-electron chi connectivity index (χ4n) is 1.90. The van der Waals surface area contributed by atoms with Gasteiger partial charge in [0, 0.05) is 0 Å². The van der Waals surface area contributed by atoms with Gasteiger partial charge in [-0.2, -0.15) is 5.26 Å². The molecule has 20 heavy (non-hydrogen) atoms. The summed E-state index contributed by atoms with van der Waals surface area (Å²) in [5, 5.41) is 8.95. The van der Waals surface area contributed by atoms with Crippen molar-refractivity contribution in [3.63, 3.8) is 0 Å². The molecule has 0 aliphatic carbocycles. The van der Waals surface area contributed by atoms with Gasteiger partial charge in [0.15, 0.2) is 0 Å². The topological polar surface area (TPSA) is 84.8 Å². The Morgan fingerprint density at radius 3 is 2.70 bits per heavy atom. The zero-order chi connectivity index (χ0) is 14.7. The number of rotatable bonds is 3. The second kappa shape index (κ2) is 5.57. The van der Waals surface area contributed by atoms with E-state index in [2.05, 4.69) is 16.0 Å². The number of aryl methyl sites for hydroxylation is 1. The minimum atomic E-state index is 0.144. The number of nitrogens with zero attached hydrogens (tertiary/aromatic N) is 3. The molecule has 2 rings (SSSR count). The van der Waals surface area contributed by atoms with Crippen LogP contribution in [0.5, 0.6) is 11.6 Å². The molecule has 0 fully saturated rings. The number of hydrogen-bond donors (Lipinski definition) is 1. The lowest BCUT2D eigenvalue weighted by atomic mass is 10.1. The number of aromatic nitrogens is 2. The van der Waals surface area contributed by atoms with Crippen LogP contribution in [0, 0.1) is 18.3 Å². The molecule has 0 amide bonds. The van der Waals surface area contributed by atoms with Gasteiger partial charge in [0.05, 0.1) is 17.2 Å². The fraction of sp³-hybridized carbons (Fsp3) is 0.267. The molecular formula is C15H16N4O. The minimum absolute atomic E-state index is 0.144. The highest BCUT2D eigenvalue weighted by Crippen LogP contribution is 2.33. The first-order chi connectivity index (χ1) is 9.52. The summed E-state index contributed by atoms with van der Waals surface area (Å²) in [4.78, 5) is 8.15. The maximum absolute atomic E-state index is 8.95. The van der Waals surface area contributed by atoms with Crippen molar-refractivity contribution in [1.29, 1.82) is 5.26 Å². The van der Waals surface area contributed by atoms with E-state index in [0.717, 1.165) is 11.1 Å². The van der Waals surface area contributed by atoms with Crippen LogP contribution in [0.2, 0.25) is 0 Å². The molecule has 102 valence electrons. The molecule has 5 heteroatoms. The second-order valence-electron chi connectivity index (χ2n) is 4.83. The van der Waals surface area contributed by atoms with Gasteiger partial charge >= 0.3 is 0 Å². The maximum Gasteiger partial charge on any atom is 0.227 e. The van der Waals surface area contributed by atoms with E-state index in [0.29, 0.717) is 23.0 Å². The highest BCUT2D eigenvalue weighted by molar-refractivity contribution is 5.50. The lowest BCUT2D eigenvalue weighted by Gasteiger charge is -2.15. The molecule has 0 bridgehead atoms. The Balaban J connectivity index is 2.45. The van der Waals surface area contributed by atoms with Crippen LogP contribution in [-0.4, -0.2) is 9.97 Å². The van der Waals surface area contributed by atoms with Gasteiger partial charge in [0.25, 0.3) is 0 Å². The van der Waals surface area contributed by atoms with E-state index in [1.54, 1.807) is 12.1 Å². The molecule has 0 radical (unpaired) electrons. The van der Waals surface area contributed by atoms with Gasteiger partial charge in [-0.3, -0.25) is 0 Å². The Labute approximate surface area is 118 Å². The SMILES string of the molecule is Cc1ccc(C#N)cc1Oc1ncnc(N)c1C(C)C. The van der Waals surface area contributed by atoms with Gasteiger partial charge in [-0.15, -0.1) is 0 Å². The summed E-state index contributed by atoms with van der Waals surface area (Å²) in [6, 6.07) is 7.37. The lowest BCUT2D eigenvalue weighted by molar-refractivity contribution is 0.448. The number of ether oxygens (including phenoxy) is 1. The van der Waals surface area contributed by atoms with Crippen molar-refractivity contribution in [3.05, 3.63) is 41.2 Å². The Hall–Kier alpha value is -2.61. The van der Waals surface area contributed by atoms with E-state index in [-0.39, 0.29) is 5.92 Å². The molecule has 0 unspecified atom stereocenters. The van der Waals surface area contributed by atoms with Gasteiger partial charge < -0.3 is 10.5 Å². The van der Waals surface area contributed by atoms with Gasteiger partial charge in [-0.25, -0.2) is 9.97 Å². The van der Waals surface area contributed by atoms with Gasteiger partial charge in [0.1, 0.15) is 17.9 Å². The molecule has 0 aliphatic heterocycles. The third-order valence-corrected chi connectivity index (χ3v) is 2.98. The summed E-state index contributed by atoms with van der Waals surface area (Å²) in [5.74, 6) is 1.60. The quantitative estimate of drug-likeness (QED) is 0.924. The van der Waals surface area contributed by atoms with E-state index >= 15 is 0 Å². The molecule has 0 saturated carbocycles. The first-order valence-corrected chi connectivity index (χ1v) is 6.32. The summed E-state index contributed by atoms with van der Waals surface area (Å²) in [7, 11) is 0.